The Morgan fingerprint density at radius 2 is 2.13 bits per heavy atom. The molecule has 0 saturated carbocycles. The Labute approximate surface area is 186 Å². The molecule has 0 radical (unpaired) electrons. The predicted molar refractivity (Wildman–Crippen MR) is 121 cm³/mol. The number of hydrogen-bond donors (Lipinski definition) is 1. The highest BCUT2D eigenvalue weighted by Gasteiger charge is 2.34. The number of carbonyl (C=O) groups is 1. The minimum Gasteiger partial charge on any atom is -0.477 e. The molecule has 0 fully saturated rings. The Hall–Kier alpha value is -3.13. The van der Waals surface area contributed by atoms with E-state index in [0.717, 1.165) is 12.1 Å². The number of nitrogens with one attached hydrogen (secondary N) is 1. The monoisotopic (exact) mass is 444 g/mol. The van der Waals surface area contributed by atoms with E-state index in [1.165, 1.54) is 30.0 Å². The second-order valence-electron chi connectivity index (χ2n) is 8.22. The van der Waals surface area contributed by atoms with Gasteiger partial charge in [0.2, 0.25) is 0 Å². The van der Waals surface area contributed by atoms with Crippen LogP contribution in [-0.2, 0) is 4.79 Å². The summed E-state index contributed by atoms with van der Waals surface area (Å²) in [4.78, 5) is 24.7. The zero-order chi connectivity index (χ0) is 22.8. The van der Waals surface area contributed by atoms with E-state index in [1.807, 2.05) is 12.1 Å². The Bertz CT molecular complexity index is 1040. The Morgan fingerprint density at radius 3 is 2.84 bits per heavy atom. The third-order valence-corrected chi connectivity index (χ3v) is 5.89. The zero-order valence-electron chi connectivity index (χ0n) is 17.9. The third kappa shape index (κ3) is 4.96. The van der Waals surface area contributed by atoms with Crippen LogP contribution in [0.25, 0.3) is 0 Å². The second kappa shape index (κ2) is 8.93. The Kier molecular flexibility index (Phi) is 6.50. The topological polar surface area (TPSA) is 97.1 Å². The van der Waals surface area contributed by atoms with Crippen LogP contribution in [-0.4, -0.2) is 36.2 Å². The van der Waals surface area contributed by atoms with Gasteiger partial charge >= 0.3 is 5.69 Å². The molecule has 1 aliphatic rings. The number of hydrazone groups is 1. The Morgan fingerprint density at radius 1 is 1.42 bits per heavy atom. The lowest BCUT2D eigenvalue weighted by Crippen LogP contribution is -2.45. The fourth-order valence-corrected chi connectivity index (χ4v) is 3.99. The van der Waals surface area contributed by atoms with E-state index in [4.69, 9.17) is 16.3 Å². The number of fused-ring (bicyclic) bond motifs is 1. The fourth-order valence-electron chi connectivity index (χ4n) is 3.78. The fraction of sp³-hybridized carbons (Fsp3) is 0.364. The molecular formula is C22H25ClN4O4. The highest BCUT2D eigenvalue weighted by atomic mass is 35.5. The van der Waals surface area contributed by atoms with Crippen LogP contribution in [0, 0.1) is 10.1 Å². The van der Waals surface area contributed by atoms with Gasteiger partial charge in [-0.2, -0.15) is 5.10 Å². The van der Waals surface area contributed by atoms with Crippen LogP contribution in [0.5, 0.6) is 5.75 Å². The summed E-state index contributed by atoms with van der Waals surface area (Å²) >= 11 is 6.45. The van der Waals surface area contributed by atoms with Crippen molar-refractivity contribution >= 4 is 35.1 Å². The van der Waals surface area contributed by atoms with Crippen molar-refractivity contribution < 1.29 is 14.5 Å². The number of para-hydroxylation sites is 2. The number of nitro groups is 1. The van der Waals surface area contributed by atoms with Gasteiger partial charge in [-0.05, 0) is 49.9 Å². The molecule has 0 aromatic heterocycles. The van der Waals surface area contributed by atoms with Crippen LogP contribution in [0.4, 0.5) is 11.4 Å². The molecule has 0 spiro atoms. The summed E-state index contributed by atoms with van der Waals surface area (Å²) in [7, 11) is 2.06. The van der Waals surface area contributed by atoms with Gasteiger partial charge in [0.25, 0.3) is 5.91 Å². The quantitative estimate of drug-likeness (QED) is 0.402. The molecule has 1 atom stereocenters. The highest BCUT2D eigenvalue weighted by Crippen LogP contribution is 2.44. The minimum atomic E-state index is -0.566. The summed E-state index contributed by atoms with van der Waals surface area (Å²) in [6, 6.07) is 9.78. The first-order valence-corrected chi connectivity index (χ1v) is 10.2. The van der Waals surface area contributed by atoms with Crippen molar-refractivity contribution in [3.05, 3.63) is 62.7 Å². The van der Waals surface area contributed by atoms with Gasteiger partial charge in [-0.25, -0.2) is 5.43 Å². The molecule has 2 aromatic carbocycles. The SMILES string of the molecule is C[C@H]1CC(C)(C)N(C)c2cc(Cl)c(/C=N/NC(=O)COc3ccccc3[N+](=O)[O-])cc21. The molecule has 1 amide bonds. The van der Waals surface area contributed by atoms with Gasteiger partial charge in [-0.3, -0.25) is 14.9 Å². The van der Waals surface area contributed by atoms with Gasteiger partial charge in [-0.1, -0.05) is 30.7 Å². The van der Waals surface area contributed by atoms with E-state index < -0.39 is 17.4 Å². The number of nitrogens with zero attached hydrogens (tertiary/aromatic N) is 3. The molecule has 1 heterocycles. The number of benzene rings is 2. The maximum atomic E-state index is 12.0. The number of halogens is 1. The number of amides is 1. The molecule has 9 heteroatoms. The van der Waals surface area contributed by atoms with E-state index >= 15 is 0 Å². The summed E-state index contributed by atoms with van der Waals surface area (Å²) in [6.07, 6.45) is 2.49. The van der Waals surface area contributed by atoms with Gasteiger partial charge in [0.1, 0.15) is 0 Å². The van der Waals surface area contributed by atoms with Gasteiger partial charge in [0, 0.05) is 29.9 Å². The molecule has 3 rings (SSSR count). The predicted octanol–water partition coefficient (Wildman–Crippen LogP) is 4.50. The molecule has 31 heavy (non-hydrogen) atoms. The molecule has 1 aliphatic heterocycles. The van der Waals surface area contributed by atoms with Crippen LogP contribution < -0.4 is 15.1 Å². The van der Waals surface area contributed by atoms with Gasteiger partial charge in [0.15, 0.2) is 12.4 Å². The summed E-state index contributed by atoms with van der Waals surface area (Å²) in [5, 5.41) is 15.5. The number of rotatable bonds is 6. The van der Waals surface area contributed by atoms with E-state index in [9.17, 15) is 14.9 Å². The van der Waals surface area contributed by atoms with Crippen molar-refractivity contribution in [2.75, 3.05) is 18.6 Å². The van der Waals surface area contributed by atoms with E-state index in [1.54, 1.807) is 6.07 Å². The van der Waals surface area contributed by atoms with Crippen LogP contribution in [0.15, 0.2) is 41.5 Å². The zero-order valence-corrected chi connectivity index (χ0v) is 18.6. The normalized spacial score (nSPS) is 17.3. The number of carbonyl (C=O) groups excluding carboxylic acids is 1. The molecule has 0 unspecified atom stereocenters. The number of nitro benzene ring substituents is 1. The summed E-state index contributed by atoms with van der Waals surface area (Å²) in [5.41, 5.74) is 5.15. The van der Waals surface area contributed by atoms with Crippen molar-refractivity contribution in [3.63, 3.8) is 0 Å². The standard InChI is InChI=1S/C22H25ClN4O4/c1-14-11-22(2,3)26(4)19-10-17(23)15(9-16(14)19)12-24-25-21(28)13-31-20-8-6-5-7-18(20)27(29)30/h5-10,12,14H,11,13H2,1-4H3,(H,25,28)/b24-12+/t14-/m0/s1. The van der Waals surface area contributed by atoms with E-state index in [2.05, 4.69) is 43.2 Å². The van der Waals surface area contributed by atoms with Crippen LogP contribution in [0.1, 0.15) is 44.2 Å². The van der Waals surface area contributed by atoms with Crippen molar-refractivity contribution in [1.82, 2.24) is 5.43 Å². The third-order valence-electron chi connectivity index (χ3n) is 5.57. The van der Waals surface area contributed by atoms with Crippen molar-refractivity contribution in [2.45, 2.75) is 38.6 Å². The number of hydrogen-bond acceptors (Lipinski definition) is 6. The van der Waals surface area contributed by atoms with Crippen molar-refractivity contribution in [3.8, 4) is 5.75 Å². The molecule has 0 aliphatic carbocycles. The van der Waals surface area contributed by atoms with Gasteiger partial charge < -0.3 is 9.64 Å². The lowest BCUT2D eigenvalue weighted by Gasteiger charge is -2.45. The highest BCUT2D eigenvalue weighted by molar-refractivity contribution is 6.33. The van der Waals surface area contributed by atoms with E-state index in [-0.39, 0.29) is 17.0 Å². The van der Waals surface area contributed by atoms with Crippen LogP contribution in [0.3, 0.4) is 0 Å². The average Bonchev–Trinajstić information content (AvgIpc) is 2.71. The second-order valence-corrected chi connectivity index (χ2v) is 8.62. The lowest BCUT2D eigenvalue weighted by atomic mass is 9.80. The van der Waals surface area contributed by atoms with Crippen LogP contribution >= 0.6 is 11.6 Å². The van der Waals surface area contributed by atoms with Gasteiger partial charge in [0.05, 0.1) is 16.2 Å². The van der Waals surface area contributed by atoms with E-state index in [0.29, 0.717) is 16.5 Å². The first kappa shape index (κ1) is 22.6. The number of anilines is 1. The molecule has 164 valence electrons. The number of ether oxygens (including phenoxy) is 1. The summed E-state index contributed by atoms with van der Waals surface area (Å²) in [6.45, 7) is 6.19. The molecule has 0 bridgehead atoms. The first-order valence-electron chi connectivity index (χ1n) is 9.85. The maximum Gasteiger partial charge on any atom is 0.310 e. The van der Waals surface area contributed by atoms with Crippen molar-refractivity contribution in [2.24, 2.45) is 5.10 Å². The maximum absolute atomic E-state index is 12.0. The molecular weight excluding hydrogens is 420 g/mol. The van der Waals surface area contributed by atoms with Crippen molar-refractivity contribution in [1.29, 1.82) is 0 Å². The molecule has 8 nitrogen and oxygen atoms in total. The summed E-state index contributed by atoms with van der Waals surface area (Å²) < 4.78 is 5.25. The first-order chi connectivity index (χ1) is 14.6. The smallest absolute Gasteiger partial charge is 0.310 e. The molecule has 0 saturated heterocycles. The Balaban J connectivity index is 1.66. The minimum absolute atomic E-state index is 0.0189. The molecule has 2 aromatic rings. The average molecular weight is 445 g/mol. The van der Waals surface area contributed by atoms with Gasteiger partial charge in [-0.15, -0.1) is 0 Å². The lowest BCUT2D eigenvalue weighted by molar-refractivity contribution is -0.385. The molecule has 1 N–H and O–H groups in total. The van der Waals surface area contributed by atoms with Crippen LogP contribution in [0.2, 0.25) is 5.02 Å². The summed E-state index contributed by atoms with van der Waals surface area (Å²) in [5.74, 6) is -0.168. The largest absolute Gasteiger partial charge is 0.477 e.